The van der Waals surface area contributed by atoms with Gasteiger partial charge in [0.25, 0.3) is 0 Å². The number of imidazole rings is 1. The van der Waals surface area contributed by atoms with Crippen molar-refractivity contribution in [3.05, 3.63) is 28.8 Å². The van der Waals surface area contributed by atoms with Crippen LogP contribution in [0.15, 0.2) is 18.2 Å². The molecule has 2 aromatic rings. The van der Waals surface area contributed by atoms with Gasteiger partial charge in [0.05, 0.1) is 5.52 Å². The number of benzene rings is 1. The minimum absolute atomic E-state index is 0.223. The number of hydrogen-bond acceptors (Lipinski definition) is 1. The zero-order valence-electron chi connectivity index (χ0n) is 11.2. The Labute approximate surface area is 117 Å². The molecule has 1 aliphatic carbocycles. The standard InChI is InChI=1S/C15H19FN2S/c1-10-5-7-11(8-6-10)9-18-13-4-2-3-12(16)14(13)17-15(18)19/h2-4,10-11H,5-9H2,1H3,(H,17,19). The molecule has 0 atom stereocenters. The lowest BCUT2D eigenvalue weighted by Crippen LogP contribution is -2.17. The summed E-state index contributed by atoms with van der Waals surface area (Å²) in [6.45, 7) is 3.23. The van der Waals surface area contributed by atoms with E-state index in [-0.39, 0.29) is 5.82 Å². The number of aromatic amines is 1. The van der Waals surface area contributed by atoms with Crippen LogP contribution in [0.4, 0.5) is 4.39 Å². The van der Waals surface area contributed by atoms with Crippen LogP contribution in [0.5, 0.6) is 0 Å². The molecular formula is C15H19FN2S. The first-order chi connectivity index (χ1) is 9.15. The summed E-state index contributed by atoms with van der Waals surface area (Å²) in [5.74, 6) is 1.30. The van der Waals surface area contributed by atoms with E-state index in [1.165, 1.54) is 31.7 Å². The lowest BCUT2D eigenvalue weighted by molar-refractivity contribution is 0.266. The SMILES string of the molecule is CC1CCC(Cn2c(=S)[nH]c3c(F)cccc32)CC1. The van der Waals surface area contributed by atoms with Crippen LogP contribution in [0.1, 0.15) is 32.6 Å². The summed E-state index contributed by atoms with van der Waals surface area (Å²) in [4.78, 5) is 3.00. The molecule has 0 amide bonds. The van der Waals surface area contributed by atoms with Crippen molar-refractivity contribution >= 4 is 23.3 Å². The number of rotatable bonds is 2. The number of nitrogens with one attached hydrogen (secondary N) is 1. The molecule has 1 aromatic heterocycles. The van der Waals surface area contributed by atoms with Crippen molar-refractivity contribution in [3.63, 3.8) is 0 Å². The Morgan fingerprint density at radius 2 is 2.05 bits per heavy atom. The molecule has 1 heterocycles. The molecule has 0 radical (unpaired) electrons. The zero-order chi connectivity index (χ0) is 13.4. The molecule has 4 heteroatoms. The van der Waals surface area contributed by atoms with Crippen LogP contribution >= 0.6 is 12.2 Å². The predicted molar refractivity (Wildman–Crippen MR) is 78.2 cm³/mol. The Balaban J connectivity index is 1.91. The fourth-order valence-corrected chi connectivity index (χ4v) is 3.37. The van der Waals surface area contributed by atoms with E-state index < -0.39 is 0 Å². The molecule has 1 fully saturated rings. The summed E-state index contributed by atoms with van der Waals surface area (Å²) in [6, 6.07) is 5.16. The van der Waals surface area contributed by atoms with Crippen molar-refractivity contribution in [3.8, 4) is 0 Å². The van der Waals surface area contributed by atoms with Crippen LogP contribution in [-0.2, 0) is 6.54 Å². The molecular weight excluding hydrogens is 259 g/mol. The first-order valence-corrected chi connectivity index (χ1v) is 7.43. The number of para-hydroxylation sites is 1. The molecule has 102 valence electrons. The summed E-state index contributed by atoms with van der Waals surface area (Å²) >= 11 is 5.34. The van der Waals surface area contributed by atoms with Crippen molar-refractivity contribution in [1.29, 1.82) is 0 Å². The lowest BCUT2D eigenvalue weighted by Gasteiger charge is -2.26. The van der Waals surface area contributed by atoms with Crippen molar-refractivity contribution in [2.45, 2.75) is 39.2 Å². The van der Waals surface area contributed by atoms with Crippen LogP contribution in [0, 0.1) is 22.4 Å². The highest BCUT2D eigenvalue weighted by molar-refractivity contribution is 7.71. The van der Waals surface area contributed by atoms with Gasteiger partial charge < -0.3 is 9.55 Å². The lowest BCUT2D eigenvalue weighted by atomic mass is 9.83. The molecule has 0 saturated heterocycles. The maximum Gasteiger partial charge on any atom is 0.178 e. The van der Waals surface area contributed by atoms with Gasteiger partial charge in [-0.3, -0.25) is 0 Å². The molecule has 19 heavy (non-hydrogen) atoms. The van der Waals surface area contributed by atoms with Gasteiger partial charge in [0.2, 0.25) is 0 Å². The Kier molecular flexibility index (Phi) is 3.44. The van der Waals surface area contributed by atoms with Crippen LogP contribution in [-0.4, -0.2) is 9.55 Å². The average Bonchev–Trinajstić information content (AvgIpc) is 2.71. The van der Waals surface area contributed by atoms with Gasteiger partial charge in [-0.05, 0) is 49.0 Å². The number of nitrogens with zero attached hydrogens (tertiary/aromatic N) is 1. The number of hydrogen-bond donors (Lipinski definition) is 1. The van der Waals surface area contributed by atoms with Crippen molar-refractivity contribution in [1.82, 2.24) is 9.55 Å². The Bertz CT molecular complexity index is 635. The quantitative estimate of drug-likeness (QED) is 0.792. The van der Waals surface area contributed by atoms with Crippen LogP contribution in [0.25, 0.3) is 11.0 Å². The second-order valence-corrected chi connectivity index (χ2v) is 6.19. The van der Waals surface area contributed by atoms with Crippen LogP contribution in [0.2, 0.25) is 0 Å². The Morgan fingerprint density at radius 3 is 2.79 bits per heavy atom. The summed E-state index contributed by atoms with van der Waals surface area (Å²) in [5, 5.41) is 0. The van der Waals surface area contributed by atoms with Crippen molar-refractivity contribution in [2.75, 3.05) is 0 Å². The van der Waals surface area contributed by atoms with Gasteiger partial charge in [0.1, 0.15) is 11.3 Å². The smallest absolute Gasteiger partial charge is 0.178 e. The fourth-order valence-electron chi connectivity index (χ4n) is 3.10. The van der Waals surface area contributed by atoms with E-state index in [1.54, 1.807) is 6.07 Å². The van der Waals surface area contributed by atoms with E-state index in [0.29, 0.717) is 16.2 Å². The topological polar surface area (TPSA) is 20.7 Å². The van der Waals surface area contributed by atoms with E-state index in [1.807, 2.05) is 6.07 Å². The molecule has 1 N–H and O–H groups in total. The molecule has 3 rings (SSSR count). The van der Waals surface area contributed by atoms with Gasteiger partial charge in [-0.15, -0.1) is 0 Å². The number of fused-ring (bicyclic) bond motifs is 1. The predicted octanol–water partition coefficient (Wildman–Crippen LogP) is 4.66. The summed E-state index contributed by atoms with van der Waals surface area (Å²) in [5.41, 5.74) is 1.43. The molecule has 0 bridgehead atoms. The van der Waals surface area contributed by atoms with E-state index in [4.69, 9.17) is 12.2 Å². The maximum atomic E-state index is 13.7. The van der Waals surface area contributed by atoms with E-state index in [0.717, 1.165) is 18.0 Å². The third kappa shape index (κ3) is 2.46. The van der Waals surface area contributed by atoms with E-state index >= 15 is 0 Å². The first-order valence-electron chi connectivity index (χ1n) is 7.02. The highest BCUT2D eigenvalue weighted by atomic mass is 32.1. The highest BCUT2D eigenvalue weighted by Crippen LogP contribution is 2.30. The van der Waals surface area contributed by atoms with E-state index in [2.05, 4.69) is 16.5 Å². The third-order valence-corrected chi connectivity index (χ3v) is 4.66. The summed E-state index contributed by atoms with van der Waals surface area (Å²) in [7, 11) is 0. The Morgan fingerprint density at radius 1 is 1.32 bits per heavy atom. The molecule has 2 nitrogen and oxygen atoms in total. The van der Waals surface area contributed by atoms with Gasteiger partial charge in [0.15, 0.2) is 4.77 Å². The monoisotopic (exact) mass is 278 g/mol. The average molecular weight is 278 g/mol. The minimum Gasteiger partial charge on any atom is -0.328 e. The van der Waals surface area contributed by atoms with Crippen LogP contribution < -0.4 is 0 Å². The molecule has 0 aliphatic heterocycles. The molecule has 0 spiro atoms. The largest absolute Gasteiger partial charge is 0.328 e. The van der Waals surface area contributed by atoms with Gasteiger partial charge in [-0.2, -0.15) is 0 Å². The first kappa shape index (κ1) is 12.9. The fraction of sp³-hybridized carbons (Fsp3) is 0.533. The molecule has 1 saturated carbocycles. The normalized spacial score (nSPS) is 23.9. The van der Waals surface area contributed by atoms with Gasteiger partial charge in [-0.25, -0.2) is 4.39 Å². The summed E-state index contributed by atoms with van der Waals surface area (Å²) in [6.07, 6.45) is 5.11. The maximum absolute atomic E-state index is 13.7. The summed E-state index contributed by atoms with van der Waals surface area (Å²) < 4.78 is 16.4. The van der Waals surface area contributed by atoms with Gasteiger partial charge in [0, 0.05) is 6.54 Å². The Hall–Kier alpha value is -1.16. The highest BCUT2D eigenvalue weighted by Gasteiger charge is 2.20. The number of halogens is 1. The number of aromatic nitrogens is 2. The second-order valence-electron chi connectivity index (χ2n) is 5.80. The molecule has 0 unspecified atom stereocenters. The molecule has 1 aliphatic rings. The van der Waals surface area contributed by atoms with Gasteiger partial charge in [-0.1, -0.05) is 25.8 Å². The van der Waals surface area contributed by atoms with Gasteiger partial charge >= 0.3 is 0 Å². The van der Waals surface area contributed by atoms with E-state index in [9.17, 15) is 4.39 Å². The molecule has 1 aromatic carbocycles. The zero-order valence-corrected chi connectivity index (χ0v) is 12.0. The minimum atomic E-state index is -0.223. The van der Waals surface area contributed by atoms with Crippen LogP contribution in [0.3, 0.4) is 0 Å². The van der Waals surface area contributed by atoms with Crippen molar-refractivity contribution in [2.24, 2.45) is 11.8 Å². The second kappa shape index (κ2) is 5.08. The third-order valence-electron chi connectivity index (χ3n) is 4.34. The van der Waals surface area contributed by atoms with Crippen molar-refractivity contribution < 1.29 is 4.39 Å². The number of H-pyrrole nitrogens is 1.